The number of carboxylic acids is 1. The van der Waals surface area contributed by atoms with Crippen LogP contribution in [0.15, 0.2) is 24.3 Å². The van der Waals surface area contributed by atoms with Crippen molar-refractivity contribution in [2.24, 2.45) is 5.41 Å². The molecule has 0 aliphatic heterocycles. The maximum Gasteiger partial charge on any atom is 0.310 e. The monoisotopic (exact) mass is 295 g/mol. The van der Waals surface area contributed by atoms with Gasteiger partial charge in [-0.05, 0) is 30.5 Å². The highest BCUT2D eigenvalue weighted by Gasteiger charge is 2.46. The number of aliphatic carboxylic acids is 1. The van der Waals surface area contributed by atoms with E-state index in [2.05, 4.69) is 0 Å². The Morgan fingerprint density at radius 2 is 1.90 bits per heavy atom. The van der Waals surface area contributed by atoms with Crippen molar-refractivity contribution in [2.45, 2.75) is 32.2 Å². The number of hydrogen-bond donors (Lipinski definition) is 1. The normalized spacial score (nSPS) is 16.3. The Kier molecular flexibility index (Phi) is 4.33. The van der Waals surface area contributed by atoms with Gasteiger partial charge in [0.2, 0.25) is 5.91 Å². The summed E-state index contributed by atoms with van der Waals surface area (Å²) in [4.78, 5) is 25.0. The molecule has 0 atom stereocenters. The van der Waals surface area contributed by atoms with Gasteiger partial charge < -0.3 is 10.0 Å². The first kappa shape index (κ1) is 14.9. The molecule has 0 radical (unpaired) electrons. The van der Waals surface area contributed by atoms with Crippen molar-refractivity contribution in [1.82, 2.24) is 4.90 Å². The second-order valence-electron chi connectivity index (χ2n) is 5.49. The Morgan fingerprint density at radius 3 is 2.35 bits per heavy atom. The van der Waals surface area contributed by atoms with E-state index in [-0.39, 0.29) is 12.3 Å². The first-order chi connectivity index (χ1) is 9.43. The lowest BCUT2D eigenvalue weighted by Crippen LogP contribution is -2.42. The van der Waals surface area contributed by atoms with Crippen molar-refractivity contribution in [3.05, 3.63) is 34.9 Å². The van der Waals surface area contributed by atoms with Crippen molar-refractivity contribution in [2.75, 3.05) is 7.05 Å². The summed E-state index contributed by atoms with van der Waals surface area (Å²) in [5.41, 5.74) is 0.147. The molecule has 4 nitrogen and oxygen atoms in total. The van der Waals surface area contributed by atoms with Crippen LogP contribution in [0, 0.1) is 5.41 Å². The zero-order valence-corrected chi connectivity index (χ0v) is 12.2. The number of carbonyl (C=O) groups is 2. The van der Waals surface area contributed by atoms with Crippen LogP contribution in [0.2, 0.25) is 5.02 Å². The third-order valence-electron chi connectivity index (χ3n) is 4.01. The lowest BCUT2D eigenvalue weighted by atomic mass is 9.66. The summed E-state index contributed by atoms with van der Waals surface area (Å²) in [5.74, 6) is -0.973. The van der Waals surface area contributed by atoms with Gasteiger partial charge in [0.15, 0.2) is 0 Å². The fourth-order valence-corrected chi connectivity index (χ4v) is 2.57. The minimum absolute atomic E-state index is 0.0897. The average Bonchev–Trinajstić information content (AvgIpc) is 2.35. The SMILES string of the molecule is CN(Cc1ccc(Cl)cc1)C(=O)CC1(C(=O)O)CCC1. The highest BCUT2D eigenvalue weighted by Crippen LogP contribution is 2.44. The van der Waals surface area contributed by atoms with Crippen molar-refractivity contribution < 1.29 is 14.7 Å². The summed E-state index contributed by atoms with van der Waals surface area (Å²) < 4.78 is 0. The highest BCUT2D eigenvalue weighted by molar-refractivity contribution is 6.30. The van der Waals surface area contributed by atoms with Gasteiger partial charge >= 0.3 is 5.97 Å². The van der Waals surface area contributed by atoms with E-state index in [1.807, 2.05) is 12.1 Å². The third kappa shape index (κ3) is 3.12. The molecule has 1 aromatic carbocycles. The summed E-state index contributed by atoms with van der Waals surface area (Å²) in [6.07, 6.45) is 2.18. The van der Waals surface area contributed by atoms with E-state index < -0.39 is 11.4 Å². The zero-order valence-electron chi connectivity index (χ0n) is 11.4. The molecule has 5 heteroatoms. The van der Waals surface area contributed by atoms with Crippen LogP contribution < -0.4 is 0 Å². The van der Waals surface area contributed by atoms with Crippen LogP contribution in [0.5, 0.6) is 0 Å². The van der Waals surface area contributed by atoms with Crippen LogP contribution in [0.3, 0.4) is 0 Å². The van der Waals surface area contributed by atoms with E-state index in [4.69, 9.17) is 11.6 Å². The molecular formula is C15H18ClNO3. The molecule has 1 N–H and O–H groups in total. The summed E-state index contributed by atoms with van der Waals surface area (Å²) in [7, 11) is 1.70. The van der Waals surface area contributed by atoms with Gasteiger partial charge in [-0.1, -0.05) is 30.2 Å². The smallest absolute Gasteiger partial charge is 0.310 e. The number of benzene rings is 1. The van der Waals surface area contributed by atoms with Crippen LogP contribution >= 0.6 is 11.6 Å². The third-order valence-corrected chi connectivity index (χ3v) is 4.26. The Hall–Kier alpha value is -1.55. The van der Waals surface area contributed by atoms with Crippen LogP contribution in [-0.2, 0) is 16.1 Å². The summed E-state index contributed by atoms with van der Waals surface area (Å²) in [5, 5.41) is 9.90. The van der Waals surface area contributed by atoms with Crippen LogP contribution in [0.25, 0.3) is 0 Å². The number of rotatable bonds is 5. The molecule has 2 rings (SSSR count). The average molecular weight is 296 g/mol. The molecule has 0 spiro atoms. The van der Waals surface area contributed by atoms with Gasteiger partial charge in [0, 0.05) is 25.0 Å². The Labute approximate surface area is 123 Å². The number of carboxylic acid groups (broad SMARTS) is 1. The van der Waals surface area contributed by atoms with Crippen LogP contribution in [0.1, 0.15) is 31.2 Å². The standard InChI is InChI=1S/C15H18ClNO3/c1-17(10-11-3-5-12(16)6-4-11)13(18)9-15(14(19)20)7-2-8-15/h3-6H,2,7-10H2,1H3,(H,19,20). The predicted octanol–water partition coefficient (Wildman–Crippen LogP) is 2.94. The quantitative estimate of drug-likeness (QED) is 0.908. The largest absolute Gasteiger partial charge is 0.481 e. The van der Waals surface area contributed by atoms with Crippen molar-refractivity contribution in [3.8, 4) is 0 Å². The minimum Gasteiger partial charge on any atom is -0.481 e. The summed E-state index contributed by atoms with van der Waals surface area (Å²) in [6.45, 7) is 0.464. The number of amides is 1. The van der Waals surface area contributed by atoms with E-state index in [1.54, 1.807) is 24.1 Å². The second kappa shape index (κ2) is 5.83. The number of halogens is 1. The Bertz CT molecular complexity index is 508. The van der Waals surface area contributed by atoms with Gasteiger partial charge in [-0.3, -0.25) is 9.59 Å². The molecule has 0 unspecified atom stereocenters. The van der Waals surface area contributed by atoms with Crippen molar-refractivity contribution in [3.63, 3.8) is 0 Å². The number of hydrogen-bond acceptors (Lipinski definition) is 2. The molecule has 108 valence electrons. The highest BCUT2D eigenvalue weighted by atomic mass is 35.5. The van der Waals surface area contributed by atoms with Crippen LogP contribution in [-0.4, -0.2) is 28.9 Å². The topological polar surface area (TPSA) is 57.6 Å². The minimum atomic E-state index is -0.850. The molecule has 1 saturated carbocycles. The lowest BCUT2D eigenvalue weighted by molar-refractivity contribution is -0.159. The Morgan fingerprint density at radius 1 is 1.30 bits per heavy atom. The van der Waals surface area contributed by atoms with Gasteiger partial charge in [-0.2, -0.15) is 0 Å². The van der Waals surface area contributed by atoms with Gasteiger partial charge in [-0.25, -0.2) is 0 Å². The second-order valence-corrected chi connectivity index (χ2v) is 5.93. The van der Waals surface area contributed by atoms with E-state index in [0.29, 0.717) is 24.4 Å². The maximum absolute atomic E-state index is 12.2. The van der Waals surface area contributed by atoms with Gasteiger partial charge in [0.25, 0.3) is 0 Å². The number of carbonyl (C=O) groups excluding carboxylic acids is 1. The molecule has 0 heterocycles. The summed E-state index contributed by atoms with van der Waals surface area (Å²) >= 11 is 5.81. The molecule has 0 saturated heterocycles. The molecule has 0 aromatic heterocycles. The molecule has 1 fully saturated rings. The zero-order chi connectivity index (χ0) is 14.8. The fraction of sp³-hybridized carbons (Fsp3) is 0.467. The molecule has 1 amide bonds. The predicted molar refractivity (Wildman–Crippen MR) is 76.5 cm³/mol. The first-order valence-corrected chi connectivity index (χ1v) is 7.02. The van der Waals surface area contributed by atoms with Gasteiger partial charge in [0.1, 0.15) is 0 Å². The number of nitrogens with zero attached hydrogens (tertiary/aromatic N) is 1. The van der Waals surface area contributed by atoms with E-state index >= 15 is 0 Å². The molecule has 1 aliphatic carbocycles. The van der Waals surface area contributed by atoms with E-state index in [0.717, 1.165) is 12.0 Å². The van der Waals surface area contributed by atoms with Gasteiger partial charge in [-0.15, -0.1) is 0 Å². The molecule has 1 aromatic rings. The molecular weight excluding hydrogens is 278 g/mol. The lowest BCUT2D eigenvalue weighted by Gasteiger charge is -2.38. The maximum atomic E-state index is 12.2. The van der Waals surface area contributed by atoms with Crippen molar-refractivity contribution >= 4 is 23.5 Å². The molecule has 20 heavy (non-hydrogen) atoms. The molecule has 0 bridgehead atoms. The molecule has 1 aliphatic rings. The van der Waals surface area contributed by atoms with E-state index in [1.165, 1.54) is 0 Å². The fourth-order valence-electron chi connectivity index (χ4n) is 2.45. The van der Waals surface area contributed by atoms with E-state index in [9.17, 15) is 14.7 Å². The first-order valence-electron chi connectivity index (χ1n) is 6.65. The van der Waals surface area contributed by atoms with Crippen LogP contribution in [0.4, 0.5) is 0 Å². The Balaban J connectivity index is 1.95. The van der Waals surface area contributed by atoms with Crippen molar-refractivity contribution in [1.29, 1.82) is 0 Å². The van der Waals surface area contributed by atoms with Gasteiger partial charge in [0.05, 0.1) is 5.41 Å². The summed E-state index contributed by atoms with van der Waals surface area (Å²) in [6, 6.07) is 7.28.